The van der Waals surface area contributed by atoms with Crippen LogP contribution in [0.15, 0.2) is 29.6 Å². The van der Waals surface area contributed by atoms with Gasteiger partial charge in [0, 0.05) is 30.1 Å². The molecule has 1 unspecified atom stereocenters. The number of nitrogens with zero attached hydrogens (tertiary/aromatic N) is 1. The van der Waals surface area contributed by atoms with Gasteiger partial charge in [0.2, 0.25) is 0 Å². The smallest absolute Gasteiger partial charge is 0.126 e. The SMILES string of the molecule is Cc1csc(CCNC(C)Cc2ccccc2F)n1. The first kappa shape index (κ1) is 14.2. The fourth-order valence-electron chi connectivity index (χ4n) is 2.01. The largest absolute Gasteiger partial charge is 0.314 e. The van der Waals surface area contributed by atoms with Gasteiger partial charge in [0.1, 0.15) is 5.82 Å². The molecule has 0 amide bonds. The summed E-state index contributed by atoms with van der Waals surface area (Å²) >= 11 is 1.70. The van der Waals surface area contributed by atoms with Crippen molar-refractivity contribution < 1.29 is 4.39 Å². The molecule has 19 heavy (non-hydrogen) atoms. The molecule has 0 fully saturated rings. The molecule has 102 valence electrons. The molecule has 0 saturated heterocycles. The highest BCUT2D eigenvalue weighted by molar-refractivity contribution is 7.09. The standard InChI is InChI=1S/C15H19FN2S/c1-11(9-13-5-3-4-6-14(13)16)17-8-7-15-18-12(2)10-19-15/h3-6,10-11,17H,7-9H2,1-2H3. The highest BCUT2D eigenvalue weighted by Gasteiger charge is 2.07. The molecule has 4 heteroatoms. The lowest BCUT2D eigenvalue weighted by atomic mass is 10.1. The number of thiazole rings is 1. The minimum atomic E-state index is -0.119. The van der Waals surface area contributed by atoms with Gasteiger partial charge in [-0.05, 0) is 31.9 Å². The number of hydrogen-bond donors (Lipinski definition) is 1. The Labute approximate surface area is 117 Å². The summed E-state index contributed by atoms with van der Waals surface area (Å²) in [5, 5.41) is 6.64. The fraction of sp³-hybridized carbons (Fsp3) is 0.400. The van der Waals surface area contributed by atoms with E-state index in [2.05, 4.69) is 22.6 Å². The highest BCUT2D eigenvalue weighted by atomic mass is 32.1. The van der Waals surface area contributed by atoms with Crippen LogP contribution >= 0.6 is 11.3 Å². The molecule has 0 aliphatic rings. The average Bonchev–Trinajstić information content (AvgIpc) is 2.78. The molecule has 0 saturated carbocycles. The van der Waals surface area contributed by atoms with Crippen LogP contribution in [0.5, 0.6) is 0 Å². The summed E-state index contributed by atoms with van der Waals surface area (Å²) in [5.74, 6) is -0.119. The Bertz CT molecular complexity index is 524. The van der Waals surface area contributed by atoms with Crippen molar-refractivity contribution in [1.29, 1.82) is 0 Å². The van der Waals surface area contributed by atoms with Gasteiger partial charge >= 0.3 is 0 Å². The number of rotatable bonds is 6. The van der Waals surface area contributed by atoms with Crippen LogP contribution in [0.1, 0.15) is 23.2 Å². The summed E-state index contributed by atoms with van der Waals surface area (Å²) in [4.78, 5) is 4.42. The number of benzene rings is 1. The van der Waals surface area contributed by atoms with Crippen molar-refractivity contribution in [2.24, 2.45) is 0 Å². The van der Waals surface area contributed by atoms with Crippen LogP contribution in [0.25, 0.3) is 0 Å². The second kappa shape index (κ2) is 6.78. The molecule has 2 nitrogen and oxygen atoms in total. The first-order valence-corrected chi connectivity index (χ1v) is 7.41. The predicted molar refractivity (Wildman–Crippen MR) is 78.1 cm³/mol. The monoisotopic (exact) mass is 278 g/mol. The van der Waals surface area contributed by atoms with Crippen molar-refractivity contribution >= 4 is 11.3 Å². The van der Waals surface area contributed by atoms with Gasteiger partial charge in [-0.3, -0.25) is 0 Å². The molecule has 0 aliphatic carbocycles. The van der Waals surface area contributed by atoms with E-state index in [-0.39, 0.29) is 11.9 Å². The molecule has 1 N–H and O–H groups in total. The molecule has 0 spiro atoms. The van der Waals surface area contributed by atoms with Gasteiger partial charge in [-0.25, -0.2) is 9.37 Å². The van der Waals surface area contributed by atoms with Crippen LogP contribution in [-0.4, -0.2) is 17.6 Å². The van der Waals surface area contributed by atoms with Gasteiger partial charge in [-0.1, -0.05) is 18.2 Å². The summed E-state index contributed by atoms with van der Waals surface area (Å²) in [6.07, 6.45) is 1.64. The van der Waals surface area contributed by atoms with Gasteiger partial charge in [0.05, 0.1) is 5.01 Å². The van der Waals surface area contributed by atoms with E-state index in [9.17, 15) is 4.39 Å². The Kier molecular flexibility index (Phi) is 5.05. The van der Waals surface area contributed by atoms with Gasteiger partial charge in [-0.15, -0.1) is 11.3 Å². The molecule has 0 radical (unpaired) electrons. The summed E-state index contributed by atoms with van der Waals surface area (Å²) in [7, 11) is 0. The van der Waals surface area contributed by atoms with Crippen LogP contribution in [0, 0.1) is 12.7 Å². The second-order valence-corrected chi connectivity index (χ2v) is 5.73. The number of halogens is 1. The predicted octanol–water partition coefficient (Wildman–Crippen LogP) is 3.35. The van der Waals surface area contributed by atoms with Crippen molar-refractivity contribution in [3.63, 3.8) is 0 Å². The van der Waals surface area contributed by atoms with Crippen LogP contribution in [0.4, 0.5) is 4.39 Å². The van der Waals surface area contributed by atoms with Crippen molar-refractivity contribution in [1.82, 2.24) is 10.3 Å². The van der Waals surface area contributed by atoms with Crippen molar-refractivity contribution in [2.75, 3.05) is 6.54 Å². The Hall–Kier alpha value is -1.26. The summed E-state index contributed by atoms with van der Waals surface area (Å²) in [6, 6.07) is 7.22. The third kappa shape index (κ3) is 4.40. The number of nitrogens with one attached hydrogen (secondary N) is 1. The molecular formula is C15H19FN2S. The van der Waals surface area contributed by atoms with E-state index in [0.717, 1.165) is 29.2 Å². The van der Waals surface area contributed by atoms with E-state index in [4.69, 9.17) is 0 Å². The van der Waals surface area contributed by atoms with E-state index in [0.29, 0.717) is 6.42 Å². The van der Waals surface area contributed by atoms with Gasteiger partial charge in [-0.2, -0.15) is 0 Å². The van der Waals surface area contributed by atoms with Crippen molar-refractivity contribution in [3.05, 3.63) is 51.7 Å². The fourth-order valence-corrected chi connectivity index (χ4v) is 2.78. The van der Waals surface area contributed by atoms with E-state index in [1.165, 1.54) is 6.07 Å². The van der Waals surface area contributed by atoms with E-state index >= 15 is 0 Å². The Balaban J connectivity index is 1.76. The zero-order valence-electron chi connectivity index (χ0n) is 11.3. The van der Waals surface area contributed by atoms with E-state index in [1.54, 1.807) is 17.4 Å². The summed E-state index contributed by atoms with van der Waals surface area (Å²) in [6.45, 7) is 4.97. The topological polar surface area (TPSA) is 24.9 Å². The maximum atomic E-state index is 13.5. The molecule has 2 aromatic rings. The first-order chi connectivity index (χ1) is 9.15. The molecule has 0 aliphatic heterocycles. The Morgan fingerprint density at radius 3 is 2.84 bits per heavy atom. The lowest BCUT2D eigenvalue weighted by Crippen LogP contribution is -2.30. The lowest BCUT2D eigenvalue weighted by Gasteiger charge is -2.13. The lowest BCUT2D eigenvalue weighted by molar-refractivity contribution is 0.528. The third-order valence-electron chi connectivity index (χ3n) is 2.98. The van der Waals surface area contributed by atoms with Gasteiger partial charge in [0.15, 0.2) is 0 Å². The zero-order valence-corrected chi connectivity index (χ0v) is 12.1. The van der Waals surface area contributed by atoms with E-state index in [1.807, 2.05) is 19.1 Å². The highest BCUT2D eigenvalue weighted by Crippen LogP contribution is 2.10. The molecule has 1 heterocycles. The van der Waals surface area contributed by atoms with Crippen molar-refractivity contribution in [2.45, 2.75) is 32.7 Å². The third-order valence-corrected chi connectivity index (χ3v) is 4.01. The van der Waals surface area contributed by atoms with Crippen LogP contribution in [-0.2, 0) is 12.8 Å². The van der Waals surface area contributed by atoms with Crippen LogP contribution < -0.4 is 5.32 Å². The summed E-state index contributed by atoms with van der Waals surface area (Å²) < 4.78 is 13.5. The summed E-state index contributed by atoms with van der Waals surface area (Å²) in [5.41, 5.74) is 1.85. The maximum Gasteiger partial charge on any atom is 0.126 e. The molecule has 1 aromatic heterocycles. The molecule has 1 aromatic carbocycles. The minimum absolute atomic E-state index is 0.119. The van der Waals surface area contributed by atoms with Crippen LogP contribution in [0.2, 0.25) is 0 Å². The molecule has 0 bridgehead atoms. The Morgan fingerprint density at radius 1 is 1.37 bits per heavy atom. The number of aromatic nitrogens is 1. The molecular weight excluding hydrogens is 259 g/mol. The number of hydrogen-bond acceptors (Lipinski definition) is 3. The number of aryl methyl sites for hydroxylation is 1. The first-order valence-electron chi connectivity index (χ1n) is 6.53. The van der Waals surface area contributed by atoms with Gasteiger partial charge in [0.25, 0.3) is 0 Å². The molecule has 2 rings (SSSR count). The van der Waals surface area contributed by atoms with Gasteiger partial charge < -0.3 is 5.32 Å². The van der Waals surface area contributed by atoms with E-state index < -0.39 is 0 Å². The second-order valence-electron chi connectivity index (χ2n) is 4.78. The average molecular weight is 278 g/mol. The zero-order chi connectivity index (χ0) is 13.7. The van der Waals surface area contributed by atoms with Crippen molar-refractivity contribution in [3.8, 4) is 0 Å². The maximum absolute atomic E-state index is 13.5. The normalized spacial score (nSPS) is 12.6. The minimum Gasteiger partial charge on any atom is -0.314 e. The molecule has 1 atom stereocenters. The Morgan fingerprint density at radius 2 is 2.16 bits per heavy atom. The van der Waals surface area contributed by atoms with Crippen LogP contribution in [0.3, 0.4) is 0 Å². The quantitative estimate of drug-likeness (QED) is 0.876.